The number of fused-ring (bicyclic) bond motifs is 3. The van der Waals surface area contributed by atoms with Gasteiger partial charge in [0.1, 0.15) is 0 Å². The lowest BCUT2D eigenvalue weighted by Crippen LogP contribution is -2.57. The van der Waals surface area contributed by atoms with Gasteiger partial charge in [0.15, 0.2) is 5.69 Å². The third-order valence-corrected chi connectivity index (χ3v) is 7.51. The lowest BCUT2D eigenvalue weighted by Gasteiger charge is -2.44. The molecule has 2 N–H and O–H groups in total. The van der Waals surface area contributed by atoms with E-state index in [-0.39, 0.29) is 30.0 Å². The number of nitrogens with zero attached hydrogens (tertiary/aromatic N) is 3. The summed E-state index contributed by atoms with van der Waals surface area (Å²) < 4.78 is 0. The van der Waals surface area contributed by atoms with E-state index in [0.29, 0.717) is 35.0 Å². The highest BCUT2D eigenvalue weighted by atomic mass is 16.2. The van der Waals surface area contributed by atoms with Crippen molar-refractivity contribution in [2.75, 3.05) is 0 Å². The number of carbonyl (C=O) groups excluding carboxylic acids is 2. The Morgan fingerprint density at radius 3 is 2.62 bits per heavy atom. The number of piperidine rings is 1. The van der Waals surface area contributed by atoms with Crippen molar-refractivity contribution < 1.29 is 9.59 Å². The van der Waals surface area contributed by atoms with E-state index in [1.807, 2.05) is 0 Å². The molecule has 6 unspecified atom stereocenters. The Bertz CT molecular complexity index is 736. The Kier molecular flexibility index (Phi) is 3.62. The average molecular weight is 357 g/mol. The fourth-order valence-electron chi connectivity index (χ4n) is 6.07. The highest BCUT2D eigenvalue weighted by Crippen LogP contribution is 2.59. The molecule has 0 radical (unpaired) electrons. The zero-order valence-electron chi connectivity index (χ0n) is 15.4. The Morgan fingerprint density at radius 2 is 1.92 bits per heavy atom. The van der Waals surface area contributed by atoms with Gasteiger partial charge in [-0.15, -0.1) is 0 Å². The Morgan fingerprint density at radius 1 is 1.15 bits per heavy atom. The Balaban J connectivity index is 1.28. The summed E-state index contributed by atoms with van der Waals surface area (Å²) in [6.45, 7) is 3.96. The quantitative estimate of drug-likeness (QED) is 0.861. The van der Waals surface area contributed by atoms with Gasteiger partial charge in [-0.3, -0.25) is 9.59 Å². The van der Waals surface area contributed by atoms with Crippen molar-refractivity contribution in [2.45, 2.75) is 70.5 Å². The van der Waals surface area contributed by atoms with Gasteiger partial charge in [0.05, 0.1) is 5.69 Å². The van der Waals surface area contributed by atoms with E-state index in [9.17, 15) is 9.59 Å². The van der Waals surface area contributed by atoms with Gasteiger partial charge in [-0.2, -0.15) is 15.4 Å². The second kappa shape index (κ2) is 5.79. The van der Waals surface area contributed by atoms with E-state index in [0.717, 1.165) is 19.3 Å². The molecule has 1 aromatic heterocycles. The molecule has 2 saturated heterocycles. The minimum absolute atomic E-state index is 0.0962. The first kappa shape index (κ1) is 16.3. The maximum atomic E-state index is 13.2. The van der Waals surface area contributed by atoms with Crippen LogP contribution in [0.5, 0.6) is 0 Å². The van der Waals surface area contributed by atoms with Gasteiger partial charge in [-0.1, -0.05) is 13.3 Å². The molecule has 4 aliphatic rings. The van der Waals surface area contributed by atoms with Crippen LogP contribution in [0, 0.1) is 30.6 Å². The fourth-order valence-corrected chi connectivity index (χ4v) is 6.07. The van der Waals surface area contributed by atoms with Crippen LogP contribution in [-0.2, 0) is 4.79 Å². The van der Waals surface area contributed by atoms with Crippen LogP contribution < -0.4 is 5.32 Å². The molecule has 2 aliphatic heterocycles. The highest BCUT2D eigenvalue weighted by Gasteiger charge is 2.60. The van der Waals surface area contributed by atoms with Crippen LogP contribution in [0.25, 0.3) is 0 Å². The third-order valence-electron chi connectivity index (χ3n) is 7.51. The molecule has 7 nitrogen and oxygen atoms in total. The van der Waals surface area contributed by atoms with E-state index in [1.165, 1.54) is 19.3 Å². The van der Waals surface area contributed by atoms with Crippen LogP contribution in [-0.4, -0.2) is 50.3 Å². The van der Waals surface area contributed by atoms with E-state index in [1.54, 1.807) is 6.92 Å². The van der Waals surface area contributed by atoms with Crippen LogP contribution in [0.2, 0.25) is 0 Å². The second-order valence-electron chi connectivity index (χ2n) is 8.76. The molecule has 2 amide bonds. The van der Waals surface area contributed by atoms with Gasteiger partial charge < -0.3 is 10.2 Å². The number of nitrogens with one attached hydrogen (secondary N) is 2. The van der Waals surface area contributed by atoms with Crippen molar-refractivity contribution in [3.8, 4) is 0 Å². The van der Waals surface area contributed by atoms with E-state index >= 15 is 0 Å². The summed E-state index contributed by atoms with van der Waals surface area (Å²) in [7, 11) is 0. The SMILES string of the molecule is Cc1n[nH]nc1C(=O)NC1CC2CCC(C1C)N2C(=O)C1C2CCCC21. The third kappa shape index (κ3) is 2.32. The van der Waals surface area contributed by atoms with Crippen molar-refractivity contribution in [3.63, 3.8) is 0 Å². The Hall–Kier alpha value is -1.92. The predicted octanol–water partition coefficient (Wildman–Crippen LogP) is 1.66. The van der Waals surface area contributed by atoms with Gasteiger partial charge >= 0.3 is 0 Å². The molecule has 3 heterocycles. The number of aromatic amines is 1. The summed E-state index contributed by atoms with van der Waals surface area (Å²) in [5.74, 6) is 2.17. The molecule has 2 saturated carbocycles. The van der Waals surface area contributed by atoms with Crippen molar-refractivity contribution in [2.24, 2.45) is 23.7 Å². The lowest BCUT2D eigenvalue weighted by molar-refractivity contribution is -0.139. The molecule has 0 spiro atoms. The second-order valence-corrected chi connectivity index (χ2v) is 8.76. The highest BCUT2D eigenvalue weighted by molar-refractivity contribution is 5.93. The summed E-state index contributed by atoms with van der Waals surface area (Å²) in [4.78, 5) is 27.9. The van der Waals surface area contributed by atoms with Crippen molar-refractivity contribution in [1.29, 1.82) is 0 Å². The van der Waals surface area contributed by atoms with Crippen molar-refractivity contribution in [3.05, 3.63) is 11.4 Å². The van der Waals surface area contributed by atoms with Crippen LogP contribution in [0.4, 0.5) is 0 Å². The van der Waals surface area contributed by atoms with Gasteiger partial charge in [0.25, 0.3) is 5.91 Å². The van der Waals surface area contributed by atoms with Crippen LogP contribution in [0.15, 0.2) is 0 Å². The number of hydrogen-bond acceptors (Lipinski definition) is 4. The molecule has 6 atom stereocenters. The van der Waals surface area contributed by atoms with Crippen molar-refractivity contribution >= 4 is 11.8 Å². The number of aromatic nitrogens is 3. The minimum atomic E-state index is -0.163. The summed E-state index contributed by atoms with van der Waals surface area (Å²) in [6, 6.07) is 0.652. The maximum Gasteiger partial charge on any atom is 0.273 e. The molecule has 1 aromatic rings. The average Bonchev–Trinajstić information content (AvgIpc) is 3.03. The van der Waals surface area contributed by atoms with Crippen LogP contribution in [0.1, 0.15) is 61.6 Å². The summed E-state index contributed by atoms with van der Waals surface area (Å²) in [5, 5.41) is 13.5. The van der Waals surface area contributed by atoms with Crippen LogP contribution in [0.3, 0.4) is 0 Å². The smallest absolute Gasteiger partial charge is 0.273 e. The molecule has 26 heavy (non-hydrogen) atoms. The van der Waals surface area contributed by atoms with Gasteiger partial charge in [-0.05, 0) is 56.8 Å². The van der Waals surface area contributed by atoms with E-state index < -0.39 is 0 Å². The summed E-state index contributed by atoms with van der Waals surface area (Å²) in [6.07, 6.45) is 6.78. The zero-order chi connectivity index (χ0) is 18.0. The predicted molar refractivity (Wildman–Crippen MR) is 94.1 cm³/mol. The molecule has 2 aliphatic carbocycles. The molecule has 0 aromatic carbocycles. The molecule has 7 heteroatoms. The monoisotopic (exact) mass is 357 g/mol. The first-order chi connectivity index (χ1) is 12.6. The molecular formula is C19H27N5O2. The Labute approximate surface area is 153 Å². The lowest BCUT2D eigenvalue weighted by atomic mass is 9.86. The largest absolute Gasteiger partial charge is 0.347 e. The number of rotatable bonds is 3. The topological polar surface area (TPSA) is 91.0 Å². The molecular weight excluding hydrogens is 330 g/mol. The van der Waals surface area contributed by atoms with E-state index in [4.69, 9.17) is 0 Å². The zero-order valence-corrected chi connectivity index (χ0v) is 15.4. The first-order valence-electron chi connectivity index (χ1n) is 10.1. The molecule has 4 fully saturated rings. The number of amides is 2. The first-order valence-corrected chi connectivity index (χ1v) is 10.1. The van der Waals surface area contributed by atoms with Gasteiger partial charge in [0, 0.05) is 24.0 Å². The number of H-pyrrole nitrogens is 1. The normalized spacial score (nSPS) is 40.4. The molecule has 5 rings (SSSR count). The molecule has 2 bridgehead atoms. The number of hydrogen-bond donors (Lipinski definition) is 2. The van der Waals surface area contributed by atoms with Crippen molar-refractivity contribution in [1.82, 2.24) is 25.6 Å². The van der Waals surface area contributed by atoms with E-state index in [2.05, 4.69) is 32.6 Å². The van der Waals surface area contributed by atoms with Crippen LogP contribution >= 0.6 is 0 Å². The number of aryl methyl sites for hydroxylation is 1. The van der Waals surface area contributed by atoms with Gasteiger partial charge in [-0.25, -0.2) is 0 Å². The standard InChI is InChI=1S/C19H27N5O2/c1-9-14(20-18(25)17-10(2)21-23-22-17)8-11-6-7-15(9)24(11)19(26)16-12-4-3-5-13(12)16/h9,11-16H,3-8H2,1-2H3,(H,20,25)(H,21,22,23). The number of carbonyl (C=O) groups is 2. The minimum Gasteiger partial charge on any atom is -0.347 e. The fraction of sp³-hybridized carbons (Fsp3) is 0.789. The summed E-state index contributed by atoms with van der Waals surface area (Å²) in [5.41, 5.74) is 0.986. The molecule has 140 valence electrons. The van der Waals surface area contributed by atoms with Gasteiger partial charge in [0.2, 0.25) is 5.91 Å². The summed E-state index contributed by atoms with van der Waals surface area (Å²) >= 11 is 0. The maximum absolute atomic E-state index is 13.2.